The van der Waals surface area contributed by atoms with Gasteiger partial charge in [0, 0.05) is 14.7 Å². The first kappa shape index (κ1) is 11.5. The van der Waals surface area contributed by atoms with Gasteiger partial charge in [0.15, 0.2) is 0 Å². The maximum Gasteiger partial charge on any atom is 0.251 e. The van der Waals surface area contributed by atoms with Gasteiger partial charge in [-0.15, -0.1) is 0 Å². The van der Waals surface area contributed by atoms with E-state index >= 15 is 0 Å². The summed E-state index contributed by atoms with van der Waals surface area (Å²) in [7, 11) is 0. The SMILES string of the molecule is CC(C)(C)NC(=O)c1cccc([125I])c1. The van der Waals surface area contributed by atoms with Crippen LogP contribution in [0.5, 0.6) is 0 Å². The Balaban J connectivity index is 2.80. The highest BCUT2D eigenvalue weighted by Gasteiger charge is 2.14. The molecule has 0 aliphatic carbocycles. The van der Waals surface area contributed by atoms with Crippen molar-refractivity contribution in [3.63, 3.8) is 0 Å². The minimum atomic E-state index is -0.182. The van der Waals surface area contributed by atoms with E-state index < -0.39 is 0 Å². The molecule has 0 aromatic heterocycles. The molecule has 0 heterocycles. The molecule has 0 aliphatic heterocycles. The highest BCUT2D eigenvalue weighted by molar-refractivity contribution is 14.1. The van der Waals surface area contributed by atoms with E-state index in [9.17, 15) is 4.79 Å². The second kappa shape index (κ2) is 4.29. The van der Waals surface area contributed by atoms with Crippen molar-refractivity contribution in [1.82, 2.24) is 5.32 Å². The van der Waals surface area contributed by atoms with E-state index in [0.29, 0.717) is 5.56 Å². The summed E-state index contributed by atoms with van der Waals surface area (Å²) < 4.78 is 1.07. The van der Waals surface area contributed by atoms with Gasteiger partial charge >= 0.3 is 0 Å². The van der Waals surface area contributed by atoms with Crippen molar-refractivity contribution in [3.05, 3.63) is 33.4 Å². The van der Waals surface area contributed by atoms with E-state index in [1.54, 1.807) is 0 Å². The Labute approximate surface area is 98.2 Å². The van der Waals surface area contributed by atoms with Gasteiger partial charge in [-0.05, 0) is 61.6 Å². The molecule has 0 saturated carbocycles. The molecular weight excluding hydrogens is 287 g/mol. The molecule has 0 saturated heterocycles. The van der Waals surface area contributed by atoms with Crippen LogP contribution in [-0.4, -0.2) is 11.4 Å². The number of halogens is 1. The molecule has 2 nitrogen and oxygen atoms in total. The molecule has 0 bridgehead atoms. The Morgan fingerprint density at radius 3 is 2.50 bits per heavy atom. The lowest BCUT2D eigenvalue weighted by Gasteiger charge is -2.20. The molecule has 1 rings (SSSR count). The van der Waals surface area contributed by atoms with Crippen LogP contribution in [0.1, 0.15) is 31.1 Å². The van der Waals surface area contributed by atoms with Gasteiger partial charge in [0.2, 0.25) is 0 Å². The second-order valence-corrected chi connectivity index (χ2v) is 5.46. The highest BCUT2D eigenvalue weighted by Crippen LogP contribution is 2.09. The molecule has 1 amide bonds. The van der Waals surface area contributed by atoms with Crippen LogP contribution >= 0.6 is 22.6 Å². The number of rotatable bonds is 1. The Kier molecular flexibility index (Phi) is 3.53. The smallest absolute Gasteiger partial charge is 0.251 e. The fourth-order valence-electron chi connectivity index (χ4n) is 1.04. The number of carbonyl (C=O) groups is 1. The molecule has 0 aliphatic rings. The Hall–Kier alpha value is -0.580. The fourth-order valence-corrected chi connectivity index (χ4v) is 1.59. The average molecular weight is 301 g/mol. The lowest BCUT2D eigenvalue weighted by molar-refractivity contribution is 0.0919. The van der Waals surface area contributed by atoms with E-state index in [-0.39, 0.29) is 11.4 Å². The maximum absolute atomic E-state index is 11.7. The molecule has 14 heavy (non-hydrogen) atoms. The largest absolute Gasteiger partial charge is 0.347 e. The number of hydrogen-bond donors (Lipinski definition) is 1. The van der Waals surface area contributed by atoms with Gasteiger partial charge in [0.05, 0.1) is 0 Å². The van der Waals surface area contributed by atoms with Crippen molar-refractivity contribution in [2.24, 2.45) is 0 Å². The number of hydrogen-bond acceptors (Lipinski definition) is 1. The van der Waals surface area contributed by atoms with Crippen molar-refractivity contribution in [1.29, 1.82) is 0 Å². The van der Waals surface area contributed by atoms with E-state index in [0.717, 1.165) is 3.57 Å². The summed E-state index contributed by atoms with van der Waals surface area (Å²) in [6.07, 6.45) is 0. The van der Waals surface area contributed by atoms with Crippen LogP contribution < -0.4 is 5.32 Å². The summed E-state index contributed by atoms with van der Waals surface area (Å²) in [4.78, 5) is 11.7. The molecule has 1 aromatic rings. The molecule has 0 radical (unpaired) electrons. The Morgan fingerprint density at radius 2 is 2.00 bits per heavy atom. The van der Waals surface area contributed by atoms with Crippen molar-refractivity contribution in [2.45, 2.75) is 26.3 Å². The van der Waals surface area contributed by atoms with E-state index in [4.69, 9.17) is 0 Å². The van der Waals surface area contributed by atoms with Gasteiger partial charge in [-0.1, -0.05) is 6.07 Å². The average Bonchev–Trinajstić information content (AvgIpc) is 2.01. The first-order valence-electron chi connectivity index (χ1n) is 4.46. The number of amides is 1. The Morgan fingerprint density at radius 1 is 1.36 bits per heavy atom. The number of carbonyl (C=O) groups excluding carboxylic acids is 1. The van der Waals surface area contributed by atoms with E-state index in [1.165, 1.54) is 0 Å². The minimum absolute atomic E-state index is 0.0176. The molecule has 3 heteroatoms. The first-order chi connectivity index (χ1) is 6.38. The summed E-state index contributed by atoms with van der Waals surface area (Å²) in [5, 5.41) is 2.92. The number of nitrogens with one attached hydrogen (secondary N) is 1. The molecule has 0 unspecified atom stereocenters. The summed E-state index contributed by atoms with van der Waals surface area (Å²) >= 11 is 2.20. The predicted octanol–water partition coefficient (Wildman–Crippen LogP) is 2.82. The zero-order chi connectivity index (χ0) is 10.8. The summed E-state index contributed by atoms with van der Waals surface area (Å²) in [6.45, 7) is 5.91. The van der Waals surface area contributed by atoms with Gasteiger partial charge in [-0.3, -0.25) is 4.79 Å². The molecular formula is C11H14INO. The fraction of sp³-hybridized carbons (Fsp3) is 0.364. The Bertz CT molecular complexity index is 341. The summed E-state index contributed by atoms with van der Waals surface area (Å²) in [5.74, 6) is -0.0176. The van der Waals surface area contributed by atoms with Crippen LogP contribution in [0.3, 0.4) is 0 Å². The van der Waals surface area contributed by atoms with Crippen LogP contribution in [0.15, 0.2) is 24.3 Å². The minimum Gasteiger partial charge on any atom is -0.347 e. The molecule has 76 valence electrons. The topological polar surface area (TPSA) is 29.1 Å². The molecule has 1 N–H and O–H groups in total. The first-order valence-corrected chi connectivity index (χ1v) is 5.54. The lowest BCUT2D eigenvalue weighted by atomic mass is 10.1. The van der Waals surface area contributed by atoms with Gasteiger partial charge in [0.1, 0.15) is 0 Å². The number of benzene rings is 1. The van der Waals surface area contributed by atoms with Crippen LogP contribution in [0.25, 0.3) is 0 Å². The van der Waals surface area contributed by atoms with E-state index in [2.05, 4.69) is 27.9 Å². The summed E-state index contributed by atoms with van der Waals surface area (Å²) in [5.41, 5.74) is 0.532. The van der Waals surface area contributed by atoms with Crippen molar-refractivity contribution in [2.75, 3.05) is 0 Å². The molecule has 0 atom stereocenters. The third kappa shape index (κ3) is 3.65. The van der Waals surface area contributed by atoms with Gasteiger partial charge in [-0.25, -0.2) is 0 Å². The van der Waals surface area contributed by atoms with E-state index in [1.807, 2.05) is 45.0 Å². The van der Waals surface area contributed by atoms with Crippen LogP contribution in [0.4, 0.5) is 0 Å². The van der Waals surface area contributed by atoms with Crippen molar-refractivity contribution in [3.8, 4) is 0 Å². The maximum atomic E-state index is 11.7. The third-order valence-corrected chi connectivity index (χ3v) is 2.25. The van der Waals surface area contributed by atoms with Gasteiger partial charge < -0.3 is 5.32 Å². The second-order valence-electron chi connectivity index (χ2n) is 4.21. The zero-order valence-corrected chi connectivity index (χ0v) is 10.8. The monoisotopic (exact) mass is 301 g/mol. The third-order valence-electron chi connectivity index (χ3n) is 1.58. The standard InChI is InChI=1S/C11H14INO/c1-11(2,3)13-10(14)8-5-4-6-9(12)7-8/h4-7H,1-3H3,(H,13,14)/i12-2. The van der Waals surface area contributed by atoms with Crippen LogP contribution in [0.2, 0.25) is 0 Å². The van der Waals surface area contributed by atoms with Crippen molar-refractivity contribution >= 4 is 28.5 Å². The molecule has 0 spiro atoms. The summed E-state index contributed by atoms with van der Waals surface area (Å²) in [6, 6.07) is 7.55. The normalized spacial score (nSPS) is 11.1. The molecule has 0 fully saturated rings. The zero-order valence-electron chi connectivity index (χ0n) is 8.60. The molecule has 1 aromatic carbocycles. The lowest BCUT2D eigenvalue weighted by Crippen LogP contribution is -2.40. The quantitative estimate of drug-likeness (QED) is 0.794. The highest BCUT2D eigenvalue weighted by atomic mass is 125. The predicted molar refractivity (Wildman–Crippen MR) is 66.4 cm³/mol. The van der Waals surface area contributed by atoms with Crippen molar-refractivity contribution < 1.29 is 4.79 Å². The van der Waals surface area contributed by atoms with Crippen LogP contribution in [-0.2, 0) is 0 Å². The van der Waals surface area contributed by atoms with Crippen LogP contribution in [0, 0.1) is 3.57 Å². The van der Waals surface area contributed by atoms with Gasteiger partial charge in [-0.2, -0.15) is 0 Å². The van der Waals surface area contributed by atoms with Gasteiger partial charge in [0.25, 0.3) is 5.91 Å².